The molecule has 0 saturated heterocycles. The number of aryl methyl sites for hydroxylation is 1. The standard InChI is InChI=1S/C18H16F3NO3/c1-13-7-9-15(10-8-13)16(23)11-22(18(19,20)21)17(24)25-12-14-5-3-2-4-6-14/h2-10H,11-12H2,1H3. The number of ether oxygens (including phenoxy) is 1. The molecular weight excluding hydrogens is 335 g/mol. The van der Waals surface area contributed by atoms with Gasteiger partial charge in [0.15, 0.2) is 5.78 Å². The average molecular weight is 351 g/mol. The van der Waals surface area contributed by atoms with Crippen LogP contribution in [0.3, 0.4) is 0 Å². The number of benzene rings is 2. The number of halogens is 3. The van der Waals surface area contributed by atoms with Crippen molar-refractivity contribution in [3.8, 4) is 0 Å². The molecule has 0 N–H and O–H groups in total. The van der Waals surface area contributed by atoms with Gasteiger partial charge in [0.25, 0.3) is 0 Å². The summed E-state index contributed by atoms with van der Waals surface area (Å²) in [6.07, 6.45) is -6.63. The van der Waals surface area contributed by atoms with Crippen molar-refractivity contribution in [1.29, 1.82) is 0 Å². The third kappa shape index (κ3) is 5.34. The lowest BCUT2D eigenvalue weighted by atomic mass is 10.1. The predicted octanol–water partition coefficient (Wildman–Crippen LogP) is 4.34. The lowest BCUT2D eigenvalue weighted by Crippen LogP contribution is -2.46. The molecule has 0 aliphatic heterocycles. The molecular formula is C18H16F3NO3. The van der Waals surface area contributed by atoms with Crippen LogP contribution >= 0.6 is 0 Å². The summed E-state index contributed by atoms with van der Waals surface area (Å²) in [7, 11) is 0. The highest BCUT2D eigenvalue weighted by atomic mass is 19.4. The van der Waals surface area contributed by atoms with Gasteiger partial charge in [-0.25, -0.2) is 9.69 Å². The summed E-state index contributed by atoms with van der Waals surface area (Å²) in [4.78, 5) is 23.3. The molecule has 2 rings (SSSR count). The molecule has 7 heteroatoms. The van der Waals surface area contributed by atoms with E-state index in [0.717, 1.165) is 5.56 Å². The second-order valence-electron chi connectivity index (χ2n) is 5.38. The number of alkyl halides is 3. The second kappa shape index (κ2) is 7.83. The van der Waals surface area contributed by atoms with Gasteiger partial charge in [-0.05, 0) is 12.5 Å². The first kappa shape index (κ1) is 18.5. The number of carbonyl (C=O) groups excluding carboxylic acids is 2. The van der Waals surface area contributed by atoms with Crippen LogP contribution in [0, 0.1) is 6.92 Å². The highest BCUT2D eigenvalue weighted by Crippen LogP contribution is 2.23. The molecule has 0 bridgehead atoms. The zero-order chi connectivity index (χ0) is 18.4. The molecule has 1 amide bonds. The normalized spacial score (nSPS) is 11.0. The van der Waals surface area contributed by atoms with Crippen LogP contribution in [0.4, 0.5) is 18.0 Å². The van der Waals surface area contributed by atoms with Gasteiger partial charge in [0, 0.05) is 5.56 Å². The van der Waals surface area contributed by atoms with Gasteiger partial charge in [-0.3, -0.25) is 4.79 Å². The fourth-order valence-corrected chi connectivity index (χ4v) is 2.03. The van der Waals surface area contributed by atoms with E-state index in [-0.39, 0.29) is 12.2 Å². The van der Waals surface area contributed by atoms with Crippen LogP contribution in [0.1, 0.15) is 21.5 Å². The summed E-state index contributed by atoms with van der Waals surface area (Å²) >= 11 is 0. The molecule has 0 spiro atoms. The van der Waals surface area contributed by atoms with Crippen LogP contribution in [-0.4, -0.2) is 29.6 Å². The van der Waals surface area contributed by atoms with E-state index in [9.17, 15) is 22.8 Å². The maximum atomic E-state index is 13.1. The predicted molar refractivity (Wildman–Crippen MR) is 84.9 cm³/mol. The average Bonchev–Trinajstić information content (AvgIpc) is 2.58. The van der Waals surface area contributed by atoms with Gasteiger partial charge in [0.1, 0.15) is 6.61 Å². The molecule has 2 aromatic rings. The quantitative estimate of drug-likeness (QED) is 0.595. The minimum Gasteiger partial charge on any atom is -0.444 e. The number of ketones is 1. The Bertz CT molecular complexity index is 727. The lowest BCUT2D eigenvalue weighted by Gasteiger charge is -2.23. The van der Waals surface area contributed by atoms with Gasteiger partial charge >= 0.3 is 12.4 Å². The highest BCUT2D eigenvalue weighted by Gasteiger charge is 2.43. The molecule has 0 fully saturated rings. The van der Waals surface area contributed by atoms with Crippen LogP contribution < -0.4 is 0 Å². The van der Waals surface area contributed by atoms with Crippen molar-refractivity contribution >= 4 is 11.9 Å². The van der Waals surface area contributed by atoms with Crippen molar-refractivity contribution in [2.24, 2.45) is 0 Å². The smallest absolute Gasteiger partial charge is 0.444 e. The van der Waals surface area contributed by atoms with E-state index in [1.54, 1.807) is 49.4 Å². The maximum absolute atomic E-state index is 13.1. The molecule has 0 atom stereocenters. The van der Waals surface area contributed by atoms with E-state index in [1.165, 1.54) is 12.1 Å². The third-order valence-electron chi connectivity index (χ3n) is 3.41. The number of hydrogen-bond acceptors (Lipinski definition) is 3. The first-order valence-corrected chi connectivity index (χ1v) is 7.42. The van der Waals surface area contributed by atoms with Crippen LogP contribution in [0.2, 0.25) is 0 Å². The van der Waals surface area contributed by atoms with Crippen LogP contribution in [0.5, 0.6) is 0 Å². The topological polar surface area (TPSA) is 46.6 Å². The van der Waals surface area contributed by atoms with Gasteiger partial charge in [-0.2, -0.15) is 0 Å². The Hall–Kier alpha value is -2.83. The SMILES string of the molecule is Cc1ccc(C(=O)CN(C(=O)OCc2ccccc2)C(F)(F)F)cc1. The fourth-order valence-electron chi connectivity index (χ4n) is 2.03. The van der Waals surface area contributed by atoms with Gasteiger partial charge in [-0.1, -0.05) is 60.2 Å². The van der Waals surface area contributed by atoms with Crippen molar-refractivity contribution in [1.82, 2.24) is 4.90 Å². The summed E-state index contributed by atoms with van der Waals surface area (Å²) in [5.74, 6) is -0.825. The van der Waals surface area contributed by atoms with E-state index in [2.05, 4.69) is 4.74 Å². The number of hydrogen-bond donors (Lipinski definition) is 0. The fraction of sp³-hybridized carbons (Fsp3) is 0.222. The molecule has 0 unspecified atom stereocenters. The monoisotopic (exact) mass is 351 g/mol. The van der Waals surface area contributed by atoms with Gasteiger partial charge in [-0.15, -0.1) is 13.2 Å². The molecule has 0 aliphatic rings. The lowest BCUT2D eigenvalue weighted by molar-refractivity contribution is -0.227. The van der Waals surface area contributed by atoms with Crippen molar-refractivity contribution in [2.45, 2.75) is 19.8 Å². The molecule has 25 heavy (non-hydrogen) atoms. The molecule has 0 saturated carbocycles. The van der Waals surface area contributed by atoms with Gasteiger partial charge < -0.3 is 4.74 Å². The van der Waals surface area contributed by atoms with E-state index in [1.807, 2.05) is 0 Å². The van der Waals surface area contributed by atoms with Crippen LogP contribution in [0.25, 0.3) is 0 Å². The molecule has 2 aromatic carbocycles. The number of nitrogens with zero attached hydrogens (tertiary/aromatic N) is 1. The minimum atomic E-state index is -5.02. The number of Topliss-reactive ketones (excluding diaryl/α,β-unsaturated/α-hetero) is 1. The van der Waals surface area contributed by atoms with Crippen LogP contribution in [0.15, 0.2) is 54.6 Å². The number of rotatable bonds is 5. The van der Waals surface area contributed by atoms with Crippen molar-refractivity contribution < 1.29 is 27.5 Å². The second-order valence-corrected chi connectivity index (χ2v) is 5.38. The van der Waals surface area contributed by atoms with Gasteiger partial charge in [0.05, 0.1) is 6.54 Å². The Balaban J connectivity index is 2.06. The number of amides is 1. The van der Waals surface area contributed by atoms with Crippen molar-refractivity contribution in [3.63, 3.8) is 0 Å². The third-order valence-corrected chi connectivity index (χ3v) is 3.41. The first-order valence-electron chi connectivity index (χ1n) is 7.42. The molecule has 0 aliphatic carbocycles. The maximum Gasteiger partial charge on any atom is 0.490 e. The van der Waals surface area contributed by atoms with Crippen molar-refractivity contribution in [3.05, 3.63) is 71.3 Å². The van der Waals surface area contributed by atoms with Crippen molar-refractivity contribution in [2.75, 3.05) is 6.54 Å². The van der Waals surface area contributed by atoms with E-state index in [0.29, 0.717) is 5.56 Å². The molecule has 4 nitrogen and oxygen atoms in total. The zero-order valence-corrected chi connectivity index (χ0v) is 13.4. The summed E-state index contributed by atoms with van der Waals surface area (Å²) in [5, 5.41) is 0. The van der Waals surface area contributed by atoms with Crippen LogP contribution in [-0.2, 0) is 11.3 Å². The Morgan fingerprint density at radius 1 is 1.00 bits per heavy atom. The molecule has 0 radical (unpaired) electrons. The minimum absolute atomic E-state index is 0.0932. The Morgan fingerprint density at radius 3 is 2.16 bits per heavy atom. The Labute approximate surface area is 142 Å². The van der Waals surface area contributed by atoms with E-state index >= 15 is 0 Å². The van der Waals surface area contributed by atoms with E-state index < -0.39 is 29.6 Å². The highest BCUT2D eigenvalue weighted by molar-refractivity contribution is 5.99. The number of carbonyl (C=O) groups is 2. The van der Waals surface area contributed by atoms with Gasteiger partial charge in [0.2, 0.25) is 0 Å². The summed E-state index contributed by atoms with van der Waals surface area (Å²) in [5.41, 5.74) is 1.50. The summed E-state index contributed by atoms with van der Waals surface area (Å²) < 4.78 is 44.0. The zero-order valence-electron chi connectivity index (χ0n) is 13.4. The largest absolute Gasteiger partial charge is 0.490 e. The summed E-state index contributed by atoms with van der Waals surface area (Å²) in [6, 6.07) is 14.4. The molecule has 0 heterocycles. The Morgan fingerprint density at radius 2 is 1.60 bits per heavy atom. The molecule has 132 valence electrons. The molecule has 0 aromatic heterocycles. The first-order chi connectivity index (χ1) is 11.8. The Kier molecular flexibility index (Phi) is 5.80. The van der Waals surface area contributed by atoms with E-state index in [4.69, 9.17) is 0 Å². The summed E-state index contributed by atoms with van der Waals surface area (Å²) in [6.45, 7) is 0.336.